The standard InChI is InChI=1S/C20H31N3O4.ClH/c1-19(2,3)18(25)22-14-10-16(27-6)15(26-5)9-13(14)17(24)23-8-7-20(4,11-21)12-23;/h9-10H,7-8,11-12,21H2,1-6H3,(H,22,25);1H. The van der Waals surface area contributed by atoms with Crippen molar-refractivity contribution in [2.45, 2.75) is 34.1 Å². The Kier molecular flexibility index (Phi) is 7.74. The Hall–Kier alpha value is -1.99. The number of rotatable bonds is 5. The number of nitrogens with two attached hydrogens (primary N) is 1. The van der Waals surface area contributed by atoms with Crippen molar-refractivity contribution in [2.75, 3.05) is 39.2 Å². The SMILES string of the molecule is COc1cc(NC(=O)C(C)(C)C)c(C(=O)N2CCC(C)(CN)C2)cc1OC.Cl. The van der Waals surface area contributed by atoms with Gasteiger partial charge in [-0.2, -0.15) is 0 Å². The van der Waals surface area contributed by atoms with Gasteiger partial charge in [0.15, 0.2) is 11.5 Å². The Morgan fingerprint density at radius 3 is 2.25 bits per heavy atom. The summed E-state index contributed by atoms with van der Waals surface area (Å²) in [5.74, 6) is 0.552. The minimum Gasteiger partial charge on any atom is -0.493 e. The van der Waals surface area contributed by atoms with Gasteiger partial charge in [-0.15, -0.1) is 12.4 Å². The van der Waals surface area contributed by atoms with Crippen LogP contribution in [-0.4, -0.2) is 50.6 Å². The van der Waals surface area contributed by atoms with Crippen LogP contribution >= 0.6 is 12.4 Å². The minimum absolute atomic E-state index is 0. The molecule has 1 aromatic carbocycles. The first-order valence-electron chi connectivity index (χ1n) is 9.11. The minimum atomic E-state index is -0.598. The first-order chi connectivity index (χ1) is 12.5. The summed E-state index contributed by atoms with van der Waals surface area (Å²) in [5.41, 5.74) is 5.98. The fourth-order valence-electron chi connectivity index (χ4n) is 3.00. The maximum absolute atomic E-state index is 13.2. The molecule has 28 heavy (non-hydrogen) atoms. The molecular formula is C20H32ClN3O4. The van der Waals surface area contributed by atoms with E-state index in [1.54, 1.807) is 17.0 Å². The third kappa shape index (κ3) is 5.08. The molecule has 7 nitrogen and oxygen atoms in total. The van der Waals surface area contributed by atoms with E-state index < -0.39 is 5.41 Å². The van der Waals surface area contributed by atoms with Crippen LogP contribution in [0.1, 0.15) is 44.5 Å². The lowest BCUT2D eigenvalue weighted by molar-refractivity contribution is -0.123. The van der Waals surface area contributed by atoms with Crippen molar-refractivity contribution < 1.29 is 19.1 Å². The predicted molar refractivity (Wildman–Crippen MR) is 113 cm³/mol. The van der Waals surface area contributed by atoms with Crippen molar-refractivity contribution in [1.29, 1.82) is 0 Å². The van der Waals surface area contributed by atoms with Crippen LogP contribution in [0.15, 0.2) is 12.1 Å². The number of likely N-dealkylation sites (tertiary alicyclic amines) is 1. The number of amides is 2. The number of hydrogen-bond donors (Lipinski definition) is 2. The Labute approximate surface area is 173 Å². The molecule has 0 radical (unpaired) electrons. The Morgan fingerprint density at radius 1 is 1.21 bits per heavy atom. The molecule has 0 aromatic heterocycles. The molecule has 2 amide bonds. The molecule has 1 fully saturated rings. The largest absolute Gasteiger partial charge is 0.493 e. The number of carbonyl (C=O) groups is 2. The van der Waals surface area contributed by atoms with Gasteiger partial charge in [0.05, 0.1) is 25.5 Å². The first kappa shape index (κ1) is 24.0. The first-order valence-corrected chi connectivity index (χ1v) is 9.11. The predicted octanol–water partition coefficient (Wildman–Crippen LogP) is 2.92. The lowest BCUT2D eigenvalue weighted by Crippen LogP contribution is -2.35. The zero-order valence-electron chi connectivity index (χ0n) is 17.5. The van der Waals surface area contributed by atoms with Crippen LogP contribution in [0.3, 0.4) is 0 Å². The van der Waals surface area contributed by atoms with Gasteiger partial charge in [0.1, 0.15) is 0 Å². The summed E-state index contributed by atoms with van der Waals surface area (Å²) < 4.78 is 10.7. The topological polar surface area (TPSA) is 93.9 Å². The molecule has 3 N–H and O–H groups in total. The molecule has 1 saturated heterocycles. The van der Waals surface area contributed by atoms with Gasteiger partial charge in [0.25, 0.3) is 5.91 Å². The summed E-state index contributed by atoms with van der Waals surface area (Å²) in [4.78, 5) is 27.5. The van der Waals surface area contributed by atoms with Crippen molar-refractivity contribution in [1.82, 2.24) is 4.90 Å². The van der Waals surface area contributed by atoms with Gasteiger partial charge in [-0.25, -0.2) is 0 Å². The average Bonchev–Trinajstić information content (AvgIpc) is 3.02. The van der Waals surface area contributed by atoms with E-state index in [1.807, 2.05) is 20.8 Å². The molecule has 0 aliphatic carbocycles. The average molecular weight is 414 g/mol. The van der Waals surface area contributed by atoms with E-state index in [4.69, 9.17) is 15.2 Å². The van der Waals surface area contributed by atoms with Crippen molar-refractivity contribution in [3.8, 4) is 11.5 Å². The highest BCUT2D eigenvalue weighted by Crippen LogP contribution is 2.36. The molecule has 1 aromatic rings. The number of hydrogen-bond acceptors (Lipinski definition) is 5. The quantitative estimate of drug-likeness (QED) is 0.773. The number of carbonyl (C=O) groups excluding carboxylic acids is 2. The summed E-state index contributed by atoms with van der Waals surface area (Å²) >= 11 is 0. The molecule has 8 heteroatoms. The molecule has 0 spiro atoms. The van der Waals surface area contributed by atoms with Gasteiger partial charge in [-0.05, 0) is 24.4 Å². The van der Waals surface area contributed by atoms with Crippen LogP contribution in [-0.2, 0) is 4.79 Å². The number of anilines is 1. The fraction of sp³-hybridized carbons (Fsp3) is 0.600. The van der Waals surface area contributed by atoms with Gasteiger partial charge in [0, 0.05) is 24.6 Å². The van der Waals surface area contributed by atoms with Crippen LogP contribution in [0.4, 0.5) is 5.69 Å². The van der Waals surface area contributed by atoms with Crippen LogP contribution in [0.5, 0.6) is 11.5 Å². The van der Waals surface area contributed by atoms with Crippen LogP contribution < -0.4 is 20.5 Å². The second-order valence-electron chi connectivity index (χ2n) is 8.45. The normalized spacial score (nSPS) is 19.0. The lowest BCUT2D eigenvalue weighted by atomic mass is 9.90. The zero-order valence-corrected chi connectivity index (χ0v) is 18.4. The Balaban J connectivity index is 0.00000392. The number of methoxy groups -OCH3 is 2. The van der Waals surface area contributed by atoms with Gasteiger partial charge < -0.3 is 25.4 Å². The summed E-state index contributed by atoms with van der Waals surface area (Å²) in [6.07, 6.45) is 0.853. The number of nitrogens with zero attached hydrogens (tertiary/aromatic N) is 1. The lowest BCUT2D eigenvalue weighted by Gasteiger charge is -2.25. The molecule has 158 valence electrons. The van der Waals surface area contributed by atoms with Crippen molar-refractivity contribution in [2.24, 2.45) is 16.6 Å². The maximum Gasteiger partial charge on any atom is 0.256 e. The van der Waals surface area contributed by atoms with Crippen LogP contribution in [0.2, 0.25) is 0 Å². The van der Waals surface area contributed by atoms with Crippen LogP contribution in [0.25, 0.3) is 0 Å². The molecule has 1 aliphatic rings. The van der Waals surface area contributed by atoms with Crippen molar-refractivity contribution >= 4 is 29.9 Å². The molecule has 0 saturated carbocycles. The van der Waals surface area contributed by atoms with Gasteiger partial charge in [0.2, 0.25) is 5.91 Å². The van der Waals surface area contributed by atoms with E-state index in [0.717, 1.165) is 6.42 Å². The fourth-order valence-corrected chi connectivity index (χ4v) is 3.00. The Bertz CT molecular complexity index is 733. The second-order valence-corrected chi connectivity index (χ2v) is 8.45. The monoisotopic (exact) mass is 413 g/mol. The second kappa shape index (κ2) is 9.01. The number of nitrogens with one attached hydrogen (secondary N) is 1. The van der Waals surface area contributed by atoms with E-state index in [1.165, 1.54) is 14.2 Å². The van der Waals surface area contributed by atoms with Gasteiger partial charge in [-0.3, -0.25) is 9.59 Å². The molecule has 0 bridgehead atoms. The Morgan fingerprint density at radius 2 is 1.79 bits per heavy atom. The van der Waals surface area contributed by atoms with Crippen LogP contribution in [0, 0.1) is 10.8 Å². The highest BCUT2D eigenvalue weighted by molar-refractivity contribution is 6.05. The molecule has 1 atom stereocenters. The third-order valence-electron chi connectivity index (χ3n) is 5.02. The van der Waals surface area contributed by atoms with Gasteiger partial charge >= 0.3 is 0 Å². The summed E-state index contributed by atoms with van der Waals surface area (Å²) in [5, 5.41) is 2.87. The molecule has 2 rings (SSSR count). The number of benzene rings is 1. The smallest absolute Gasteiger partial charge is 0.256 e. The van der Waals surface area contributed by atoms with E-state index in [2.05, 4.69) is 12.2 Å². The summed E-state index contributed by atoms with van der Waals surface area (Å²) in [6.45, 7) is 9.28. The summed E-state index contributed by atoms with van der Waals surface area (Å²) in [6, 6.07) is 3.26. The third-order valence-corrected chi connectivity index (χ3v) is 5.02. The van der Waals surface area contributed by atoms with E-state index in [-0.39, 0.29) is 29.6 Å². The van der Waals surface area contributed by atoms with E-state index in [0.29, 0.717) is 42.4 Å². The highest BCUT2D eigenvalue weighted by atomic mass is 35.5. The molecular weight excluding hydrogens is 382 g/mol. The molecule has 1 unspecified atom stereocenters. The van der Waals surface area contributed by atoms with Crippen molar-refractivity contribution in [3.05, 3.63) is 17.7 Å². The van der Waals surface area contributed by atoms with Gasteiger partial charge in [-0.1, -0.05) is 27.7 Å². The molecule has 1 heterocycles. The van der Waals surface area contributed by atoms with E-state index >= 15 is 0 Å². The maximum atomic E-state index is 13.2. The molecule has 1 aliphatic heterocycles. The zero-order chi connectivity index (χ0) is 20.4. The number of ether oxygens (including phenoxy) is 2. The van der Waals surface area contributed by atoms with E-state index in [9.17, 15) is 9.59 Å². The highest BCUT2D eigenvalue weighted by Gasteiger charge is 2.36. The van der Waals surface area contributed by atoms with Crippen molar-refractivity contribution in [3.63, 3.8) is 0 Å². The summed E-state index contributed by atoms with van der Waals surface area (Å²) in [7, 11) is 3.03. The number of halogens is 1.